The quantitative estimate of drug-likeness (QED) is 0.752. The largest absolute Gasteiger partial charge is 0.485 e. The summed E-state index contributed by atoms with van der Waals surface area (Å²) in [4.78, 5) is 0. The summed E-state index contributed by atoms with van der Waals surface area (Å²) in [6.45, 7) is 0.0998. The first kappa shape index (κ1) is 12.8. The molecular formula is C14H11ClF2O. The van der Waals surface area contributed by atoms with Gasteiger partial charge < -0.3 is 4.74 Å². The third kappa shape index (κ3) is 2.99. The Morgan fingerprint density at radius 3 is 2.56 bits per heavy atom. The summed E-state index contributed by atoms with van der Waals surface area (Å²) in [6, 6.07) is 10.6. The Hall–Kier alpha value is -1.61. The highest BCUT2D eigenvalue weighted by atomic mass is 35.5. The molecule has 0 N–H and O–H groups in total. The molecule has 0 atom stereocenters. The van der Waals surface area contributed by atoms with E-state index in [2.05, 4.69) is 0 Å². The lowest BCUT2D eigenvalue weighted by atomic mass is 10.2. The van der Waals surface area contributed by atoms with Crippen LogP contribution in [0.3, 0.4) is 0 Å². The zero-order valence-electron chi connectivity index (χ0n) is 9.50. The number of halogens is 3. The monoisotopic (exact) mass is 268 g/mol. The average Bonchev–Trinajstić information content (AvgIpc) is 2.37. The van der Waals surface area contributed by atoms with Crippen molar-refractivity contribution in [3.05, 3.63) is 65.2 Å². The molecule has 2 aromatic carbocycles. The maximum atomic E-state index is 13.6. The maximum Gasteiger partial charge on any atom is 0.165 e. The molecule has 0 amide bonds. The molecule has 0 fully saturated rings. The lowest BCUT2D eigenvalue weighted by molar-refractivity contribution is 0.287. The Morgan fingerprint density at radius 1 is 1.06 bits per heavy atom. The van der Waals surface area contributed by atoms with Gasteiger partial charge in [-0.25, -0.2) is 8.78 Å². The Labute approximate surface area is 109 Å². The van der Waals surface area contributed by atoms with E-state index in [0.29, 0.717) is 11.1 Å². The number of alkyl halides is 1. The standard InChI is InChI=1S/C14H11ClF2O/c15-8-11-4-2-6-13(17)14(11)18-9-10-3-1-5-12(16)7-10/h1-7H,8-9H2. The summed E-state index contributed by atoms with van der Waals surface area (Å²) in [7, 11) is 0. The van der Waals surface area contributed by atoms with Gasteiger partial charge in [0, 0.05) is 5.56 Å². The predicted molar refractivity (Wildman–Crippen MR) is 66.7 cm³/mol. The molecule has 0 aliphatic heterocycles. The summed E-state index contributed by atoms with van der Waals surface area (Å²) in [5, 5.41) is 0. The van der Waals surface area contributed by atoms with Gasteiger partial charge >= 0.3 is 0 Å². The minimum absolute atomic E-state index is 0.0998. The van der Waals surface area contributed by atoms with Crippen LogP contribution in [-0.2, 0) is 12.5 Å². The molecule has 0 heterocycles. The number of rotatable bonds is 4. The van der Waals surface area contributed by atoms with E-state index < -0.39 is 5.82 Å². The van der Waals surface area contributed by atoms with Crippen LogP contribution in [0.5, 0.6) is 5.75 Å². The van der Waals surface area contributed by atoms with Crippen molar-refractivity contribution in [2.45, 2.75) is 12.5 Å². The van der Waals surface area contributed by atoms with Gasteiger partial charge in [-0.15, -0.1) is 11.6 Å². The normalized spacial score (nSPS) is 10.4. The molecule has 0 spiro atoms. The van der Waals surface area contributed by atoms with E-state index in [9.17, 15) is 8.78 Å². The van der Waals surface area contributed by atoms with Crippen molar-refractivity contribution in [3.8, 4) is 5.75 Å². The van der Waals surface area contributed by atoms with Crippen molar-refractivity contribution in [2.75, 3.05) is 0 Å². The molecule has 0 aromatic heterocycles. The van der Waals surface area contributed by atoms with Crippen molar-refractivity contribution >= 4 is 11.6 Å². The number of hydrogen-bond donors (Lipinski definition) is 0. The topological polar surface area (TPSA) is 9.23 Å². The van der Waals surface area contributed by atoms with Gasteiger partial charge in [-0.2, -0.15) is 0 Å². The Bertz CT molecular complexity index is 543. The van der Waals surface area contributed by atoms with E-state index in [1.165, 1.54) is 18.2 Å². The van der Waals surface area contributed by atoms with Gasteiger partial charge in [0.2, 0.25) is 0 Å². The zero-order chi connectivity index (χ0) is 13.0. The number of ether oxygens (including phenoxy) is 1. The highest BCUT2D eigenvalue weighted by Gasteiger charge is 2.09. The third-order valence-corrected chi connectivity index (χ3v) is 2.75. The fourth-order valence-corrected chi connectivity index (χ4v) is 1.81. The minimum Gasteiger partial charge on any atom is -0.485 e. The smallest absolute Gasteiger partial charge is 0.165 e. The van der Waals surface area contributed by atoms with E-state index in [1.54, 1.807) is 24.3 Å². The maximum absolute atomic E-state index is 13.6. The molecule has 0 unspecified atom stereocenters. The van der Waals surface area contributed by atoms with Crippen molar-refractivity contribution in [2.24, 2.45) is 0 Å². The molecule has 1 nitrogen and oxygen atoms in total. The van der Waals surface area contributed by atoms with Crippen LogP contribution < -0.4 is 4.74 Å². The molecule has 18 heavy (non-hydrogen) atoms. The van der Waals surface area contributed by atoms with Gasteiger partial charge in [-0.05, 0) is 23.8 Å². The van der Waals surface area contributed by atoms with E-state index in [1.807, 2.05) is 0 Å². The summed E-state index contributed by atoms with van der Waals surface area (Å²) in [5.74, 6) is -0.528. The summed E-state index contributed by atoms with van der Waals surface area (Å²) >= 11 is 5.70. The fraction of sp³-hybridized carbons (Fsp3) is 0.143. The SMILES string of the molecule is Fc1cccc(COc2c(F)cccc2CCl)c1. The van der Waals surface area contributed by atoms with E-state index in [-0.39, 0.29) is 24.1 Å². The van der Waals surface area contributed by atoms with E-state index in [0.717, 1.165) is 0 Å². The van der Waals surface area contributed by atoms with Crippen LogP contribution in [0.4, 0.5) is 8.78 Å². The lowest BCUT2D eigenvalue weighted by Gasteiger charge is -2.10. The molecule has 0 radical (unpaired) electrons. The third-order valence-electron chi connectivity index (χ3n) is 2.46. The molecule has 0 saturated heterocycles. The van der Waals surface area contributed by atoms with Gasteiger partial charge in [0.25, 0.3) is 0 Å². The first-order valence-electron chi connectivity index (χ1n) is 5.41. The van der Waals surface area contributed by atoms with Gasteiger partial charge in [0.15, 0.2) is 11.6 Å². The molecule has 0 aliphatic rings. The van der Waals surface area contributed by atoms with Crippen molar-refractivity contribution in [3.63, 3.8) is 0 Å². The van der Waals surface area contributed by atoms with E-state index >= 15 is 0 Å². The lowest BCUT2D eigenvalue weighted by Crippen LogP contribution is -2.00. The fourth-order valence-electron chi connectivity index (χ4n) is 1.60. The van der Waals surface area contributed by atoms with Crippen LogP contribution in [0, 0.1) is 11.6 Å². The number of benzene rings is 2. The number of hydrogen-bond acceptors (Lipinski definition) is 1. The first-order valence-corrected chi connectivity index (χ1v) is 5.95. The summed E-state index contributed by atoms with van der Waals surface area (Å²) in [6.07, 6.45) is 0. The molecule has 4 heteroatoms. The van der Waals surface area contributed by atoms with Crippen LogP contribution >= 0.6 is 11.6 Å². The molecule has 0 saturated carbocycles. The van der Waals surface area contributed by atoms with Crippen molar-refractivity contribution in [1.29, 1.82) is 0 Å². The van der Waals surface area contributed by atoms with Gasteiger partial charge in [-0.3, -0.25) is 0 Å². The molecule has 0 aliphatic carbocycles. The highest BCUT2D eigenvalue weighted by molar-refractivity contribution is 6.17. The van der Waals surface area contributed by atoms with E-state index in [4.69, 9.17) is 16.3 Å². The van der Waals surface area contributed by atoms with Gasteiger partial charge in [0.1, 0.15) is 12.4 Å². The Balaban J connectivity index is 2.15. The predicted octanol–water partition coefficient (Wildman–Crippen LogP) is 4.28. The zero-order valence-corrected chi connectivity index (χ0v) is 10.3. The Kier molecular flexibility index (Phi) is 4.15. The van der Waals surface area contributed by atoms with Crippen LogP contribution in [0.15, 0.2) is 42.5 Å². The van der Waals surface area contributed by atoms with Crippen LogP contribution in [0.25, 0.3) is 0 Å². The second-order valence-electron chi connectivity index (χ2n) is 3.78. The minimum atomic E-state index is -0.468. The van der Waals surface area contributed by atoms with Crippen LogP contribution in [-0.4, -0.2) is 0 Å². The Morgan fingerprint density at radius 2 is 1.83 bits per heavy atom. The molecule has 2 aromatic rings. The van der Waals surface area contributed by atoms with Crippen LogP contribution in [0.2, 0.25) is 0 Å². The first-order chi connectivity index (χ1) is 8.70. The van der Waals surface area contributed by atoms with Crippen molar-refractivity contribution < 1.29 is 13.5 Å². The van der Waals surface area contributed by atoms with Gasteiger partial charge in [0.05, 0.1) is 5.88 Å². The van der Waals surface area contributed by atoms with Crippen molar-refractivity contribution in [1.82, 2.24) is 0 Å². The van der Waals surface area contributed by atoms with Gasteiger partial charge in [-0.1, -0.05) is 24.3 Å². The second kappa shape index (κ2) is 5.83. The molecule has 0 bridgehead atoms. The number of para-hydroxylation sites is 1. The molecule has 2 rings (SSSR count). The average molecular weight is 269 g/mol. The molecular weight excluding hydrogens is 258 g/mol. The second-order valence-corrected chi connectivity index (χ2v) is 4.05. The molecule has 94 valence electrons. The highest BCUT2D eigenvalue weighted by Crippen LogP contribution is 2.25. The summed E-state index contributed by atoms with van der Waals surface area (Å²) in [5.41, 5.74) is 1.21. The summed E-state index contributed by atoms with van der Waals surface area (Å²) < 4.78 is 31.9. The van der Waals surface area contributed by atoms with Crippen LogP contribution in [0.1, 0.15) is 11.1 Å².